The summed E-state index contributed by atoms with van der Waals surface area (Å²) < 4.78 is 16.9. The maximum Gasteiger partial charge on any atom is 0.306 e. The number of esters is 3. The summed E-state index contributed by atoms with van der Waals surface area (Å²) in [5.74, 6) is -0.928. The lowest BCUT2D eigenvalue weighted by atomic mass is 10.1. The Labute approximate surface area is 450 Å². The van der Waals surface area contributed by atoms with Crippen molar-refractivity contribution in [1.29, 1.82) is 0 Å². The van der Waals surface area contributed by atoms with Gasteiger partial charge in [0.25, 0.3) is 0 Å². The second kappa shape index (κ2) is 60.6. The molecule has 0 aromatic carbocycles. The van der Waals surface area contributed by atoms with Crippen molar-refractivity contribution in [2.24, 2.45) is 0 Å². The van der Waals surface area contributed by atoms with Crippen LogP contribution < -0.4 is 0 Å². The molecule has 0 aromatic rings. The third-order valence-electron chi connectivity index (χ3n) is 12.7. The second-order valence-electron chi connectivity index (χ2n) is 19.9. The fourth-order valence-corrected chi connectivity index (χ4v) is 8.18. The fourth-order valence-electron chi connectivity index (χ4n) is 8.18. The van der Waals surface area contributed by atoms with Crippen molar-refractivity contribution in [2.75, 3.05) is 13.2 Å². The summed E-state index contributed by atoms with van der Waals surface area (Å²) in [6.07, 6.45) is 82.2. The van der Waals surface area contributed by atoms with Crippen molar-refractivity contribution in [3.63, 3.8) is 0 Å². The van der Waals surface area contributed by atoms with E-state index in [0.717, 1.165) is 148 Å². The average Bonchev–Trinajstić information content (AvgIpc) is 3.39. The Bertz CT molecular complexity index is 1490. The van der Waals surface area contributed by atoms with Gasteiger partial charge in [0.15, 0.2) is 6.10 Å². The van der Waals surface area contributed by atoms with Crippen LogP contribution in [0.4, 0.5) is 0 Å². The van der Waals surface area contributed by atoms with E-state index in [2.05, 4.69) is 130 Å². The molecule has 0 fully saturated rings. The third-order valence-corrected chi connectivity index (χ3v) is 12.7. The number of hydrogen-bond acceptors (Lipinski definition) is 6. The Morgan fingerprint density at radius 2 is 0.562 bits per heavy atom. The quantitative estimate of drug-likeness (QED) is 0.0261. The van der Waals surface area contributed by atoms with E-state index in [9.17, 15) is 14.4 Å². The van der Waals surface area contributed by atoms with Gasteiger partial charge < -0.3 is 14.2 Å². The van der Waals surface area contributed by atoms with Crippen molar-refractivity contribution in [3.8, 4) is 0 Å². The highest BCUT2D eigenvalue weighted by molar-refractivity contribution is 5.71. The van der Waals surface area contributed by atoms with Crippen LogP contribution in [0.2, 0.25) is 0 Å². The van der Waals surface area contributed by atoms with Crippen molar-refractivity contribution in [3.05, 3.63) is 109 Å². The highest BCUT2D eigenvalue weighted by Crippen LogP contribution is 2.15. The predicted octanol–water partition coefficient (Wildman–Crippen LogP) is 20.7. The van der Waals surface area contributed by atoms with Crippen LogP contribution in [0.1, 0.15) is 278 Å². The van der Waals surface area contributed by atoms with Crippen LogP contribution in [0.5, 0.6) is 0 Å². The van der Waals surface area contributed by atoms with Crippen LogP contribution in [0.3, 0.4) is 0 Å². The SMILES string of the molecule is CC/C=C\C/C=C\C/C=C\C/C=C\C/C=C\CCCCCCCC(=O)OCC(COC(=O)CCCCCCC/C=C\C/C=C\CCC)OC(=O)CCCCCCCCCCC/C=C\C/C=C\CCCCCCC. The summed E-state index contributed by atoms with van der Waals surface area (Å²) in [7, 11) is 0. The first-order chi connectivity index (χ1) is 36.0. The summed E-state index contributed by atoms with van der Waals surface area (Å²) in [4.78, 5) is 38.2. The van der Waals surface area contributed by atoms with E-state index in [1.165, 1.54) is 89.9 Å². The molecule has 0 aliphatic rings. The van der Waals surface area contributed by atoms with Crippen molar-refractivity contribution >= 4 is 17.9 Å². The molecule has 0 bridgehead atoms. The number of carbonyl (C=O) groups excluding carboxylic acids is 3. The van der Waals surface area contributed by atoms with Gasteiger partial charge in [-0.3, -0.25) is 14.4 Å². The Morgan fingerprint density at radius 1 is 0.288 bits per heavy atom. The molecule has 73 heavy (non-hydrogen) atoms. The van der Waals surface area contributed by atoms with Gasteiger partial charge in [-0.05, 0) is 122 Å². The Balaban J connectivity index is 4.42. The monoisotopic (exact) mass is 1010 g/mol. The molecule has 0 amide bonds. The first-order valence-electron chi connectivity index (χ1n) is 30.4. The Morgan fingerprint density at radius 3 is 0.890 bits per heavy atom. The summed E-state index contributed by atoms with van der Waals surface area (Å²) >= 11 is 0. The van der Waals surface area contributed by atoms with E-state index in [-0.39, 0.29) is 31.1 Å². The minimum atomic E-state index is -0.797. The fraction of sp³-hybridized carbons (Fsp3) is 0.687. The summed E-state index contributed by atoms with van der Waals surface area (Å²) in [5.41, 5.74) is 0. The van der Waals surface area contributed by atoms with Gasteiger partial charge in [-0.2, -0.15) is 0 Å². The van der Waals surface area contributed by atoms with Crippen LogP contribution in [0.25, 0.3) is 0 Å². The van der Waals surface area contributed by atoms with Gasteiger partial charge in [-0.15, -0.1) is 0 Å². The maximum atomic E-state index is 12.9. The van der Waals surface area contributed by atoms with E-state index < -0.39 is 6.10 Å². The lowest BCUT2D eigenvalue weighted by molar-refractivity contribution is -0.167. The molecule has 0 saturated heterocycles. The number of unbranched alkanes of at least 4 members (excludes halogenated alkanes) is 25. The highest BCUT2D eigenvalue weighted by atomic mass is 16.6. The van der Waals surface area contributed by atoms with Crippen LogP contribution >= 0.6 is 0 Å². The summed E-state index contributed by atoms with van der Waals surface area (Å²) in [6, 6.07) is 0. The standard InChI is InChI=1S/C67H112O6/c1-4-7-10-13-16-19-22-25-27-29-31-33-35-37-39-42-45-48-51-54-57-60-66(69)72-63-64(62-71-65(68)59-56-53-50-47-44-41-24-21-18-15-12-9-6-3)73-67(70)61-58-55-52-49-46-43-40-38-36-34-32-30-28-26-23-20-17-14-11-8-5-2/h7,10,12,15-16,19,21,23-27,30-33,37,39,64H,4-6,8-9,11,13-14,17-18,20,22,28-29,34-36,38,40-63H2,1-3H3/b10-7-,15-12-,19-16-,24-21-,26-23-,27-25-,32-30-,33-31-,39-37-. The van der Waals surface area contributed by atoms with Gasteiger partial charge in [-0.25, -0.2) is 0 Å². The van der Waals surface area contributed by atoms with Crippen molar-refractivity contribution < 1.29 is 28.6 Å². The zero-order valence-electron chi connectivity index (χ0n) is 47.6. The topological polar surface area (TPSA) is 78.9 Å². The lowest BCUT2D eigenvalue weighted by Crippen LogP contribution is -2.30. The molecular weight excluding hydrogens is 901 g/mol. The molecule has 0 aliphatic carbocycles. The number of hydrogen-bond donors (Lipinski definition) is 0. The highest BCUT2D eigenvalue weighted by Gasteiger charge is 2.19. The molecule has 0 spiro atoms. The average molecular weight is 1010 g/mol. The zero-order valence-corrected chi connectivity index (χ0v) is 47.6. The molecule has 6 heteroatoms. The number of rotatable bonds is 54. The molecule has 0 aromatic heterocycles. The van der Waals surface area contributed by atoms with Crippen LogP contribution in [-0.2, 0) is 28.6 Å². The lowest BCUT2D eigenvalue weighted by Gasteiger charge is -2.18. The van der Waals surface area contributed by atoms with E-state index in [1.54, 1.807) is 0 Å². The normalized spacial score (nSPS) is 12.9. The minimum Gasteiger partial charge on any atom is -0.462 e. The first-order valence-corrected chi connectivity index (χ1v) is 30.4. The molecule has 0 rings (SSSR count). The molecule has 1 atom stereocenters. The van der Waals surface area contributed by atoms with Gasteiger partial charge in [-0.1, -0.05) is 246 Å². The van der Waals surface area contributed by atoms with Crippen molar-refractivity contribution in [1.82, 2.24) is 0 Å². The molecule has 0 saturated carbocycles. The number of ether oxygens (including phenoxy) is 3. The predicted molar refractivity (Wildman–Crippen MR) is 316 cm³/mol. The van der Waals surface area contributed by atoms with Crippen LogP contribution in [-0.4, -0.2) is 37.2 Å². The largest absolute Gasteiger partial charge is 0.462 e. The third kappa shape index (κ3) is 58.8. The van der Waals surface area contributed by atoms with Crippen LogP contribution in [0, 0.1) is 0 Å². The van der Waals surface area contributed by atoms with Gasteiger partial charge >= 0.3 is 17.9 Å². The second-order valence-corrected chi connectivity index (χ2v) is 19.9. The zero-order chi connectivity index (χ0) is 52.9. The number of carbonyl (C=O) groups is 3. The Hall–Kier alpha value is -3.93. The van der Waals surface area contributed by atoms with Crippen molar-refractivity contribution in [2.45, 2.75) is 284 Å². The van der Waals surface area contributed by atoms with Crippen LogP contribution in [0.15, 0.2) is 109 Å². The first kappa shape index (κ1) is 69.1. The molecule has 0 N–H and O–H groups in total. The molecular formula is C67H112O6. The van der Waals surface area contributed by atoms with Gasteiger partial charge in [0.1, 0.15) is 13.2 Å². The van der Waals surface area contributed by atoms with E-state index in [1.807, 2.05) is 0 Å². The van der Waals surface area contributed by atoms with E-state index in [0.29, 0.717) is 19.3 Å². The summed E-state index contributed by atoms with van der Waals surface area (Å²) in [5, 5.41) is 0. The molecule has 1 unspecified atom stereocenters. The Kier molecular flexibility index (Phi) is 57.4. The maximum absolute atomic E-state index is 12.9. The molecule has 0 heterocycles. The summed E-state index contributed by atoms with van der Waals surface area (Å²) in [6.45, 7) is 6.43. The molecule has 0 aliphatic heterocycles. The number of allylic oxidation sites excluding steroid dienone is 18. The molecule has 416 valence electrons. The van der Waals surface area contributed by atoms with Gasteiger partial charge in [0.05, 0.1) is 0 Å². The van der Waals surface area contributed by atoms with E-state index in [4.69, 9.17) is 14.2 Å². The minimum absolute atomic E-state index is 0.0946. The van der Waals surface area contributed by atoms with Gasteiger partial charge in [0.2, 0.25) is 0 Å². The molecule has 0 radical (unpaired) electrons. The van der Waals surface area contributed by atoms with E-state index >= 15 is 0 Å². The smallest absolute Gasteiger partial charge is 0.306 e. The van der Waals surface area contributed by atoms with Gasteiger partial charge in [0, 0.05) is 19.3 Å². The molecule has 6 nitrogen and oxygen atoms in total.